The lowest BCUT2D eigenvalue weighted by molar-refractivity contribution is -0.153. The first-order chi connectivity index (χ1) is 13.4. The lowest BCUT2D eigenvalue weighted by Crippen LogP contribution is -2.58. The average molecular weight is 442 g/mol. The van der Waals surface area contributed by atoms with Crippen molar-refractivity contribution in [2.24, 2.45) is 0 Å². The molecule has 2 N–H and O–H groups in total. The highest BCUT2D eigenvalue weighted by molar-refractivity contribution is 6.91. The average Bonchev–Trinajstić information content (AvgIpc) is 2.55. The molecule has 0 spiro atoms. The molecular formula is C21H36FN3O4Si. The van der Waals surface area contributed by atoms with E-state index in [9.17, 15) is 9.59 Å². The summed E-state index contributed by atoms with van der Waals surface area (Å²) < 4.78 is 27.2. The molecule has 170 valence electrons. The van der Waals surface area contributed by atoms with Crippen LogP contribution >= 0.6 is 0 Å². The Balaban J connectivity index is 3.05. The number of carbonyl (C=O) groups is 2. The van der Waals surface area contributed by atoms with Crippen molar-refractivity contribution in [3.05, 3.63) is 12.3 Å². The van der Waals surface area contributed by atoms with Crippen LogP contribution in [-0.4, -0.2) is 44.6 Å². The molecule has 1 rings (SSSR count). The molecule has 2 amide bonds. The summed E-state index contributed by atoms with van der Waals surface area (Å²) in [5.74, 6) is -0.0231. The van der Waals surface area contributed by atoms with Gasteiger partial charge in [0, 0.05) is 17.4 Å². The van der Waals surface area contributed by atoms with Crippen molar-refractivity contribution >= 4 is 31.4 Å². The molecule has 0 atom stereocenters. The number of nitrogens with one attached hydrogen (secondary N) is 2. The van der Waals surface area contributed by atoms with Crippen molar-refractivity contribution in [1.82, 2.24) is 10.3 Å². The topological polar surface area (TPSA) is 89.6 Å². The van der Waals surface area contributed by atoms with Gasteiger partial charge in [-0.1, -0.05) is 41.5 Å². The molecule has 0 aliphatic rings. The summed E-state index contributed by atoms with van der Waals surface area (Å²) in [6, 6.07) is 0.875. The van der Waals surface area contributed by atoms with E-state index < -0.39 is 36.1 Å². The molecule has 0 bridgehead atoms. The molecule has 0 fully saturated rings. The molecule has 0 unspecified atom stereocenters. The van der Waals surface area contributed by atoms with Gasteiger partial charge in [-0.05, 0) is 30.8 Å². The van der Waals surface area contributed by atoms with E-state index in [1.54, 1.807) is 20.8 Å². The van der Waals surface area contributed by atoms with Crippen LogP contribution in [0.1, 0.15) is 62.3 Å². The summed E-state index contributed by atoms with van der Waals surface area (Å²) in [7, 11) is -2.12. The normalized spacial score (nSPS) is 12.9. The highest BCUT2D eigenvalue weighted by Gasteiger charge is 2.58. The number of urea groups is 1. The Morgan fingerprint density at radius 2 is 1.60 bits per heavy atom. The number of methoxy groups -OCH3 is 1. The minimum Gasteiger partial charge on any atom is -0.497 e. The maximum Gasteiger partial charge on any atom is 0.325 e. The number of carbonyl (C=O) groups excluding carboxylic acids is 2. The molecule has 0 aromatic carbocycles. The standard InChI is InChI=1S/C21H36FN3O4Si/c1-19(2,3)29-17(26)13-24-18(27)25-16-11-14(28-10)15(12-23-16)30(22,20(4,5)6)21(7,8)9/h11-12H,13H2,1-10H3,(H2,23,24,25,27). The largest absolute Gasteiger partial charge is 0.497 e. The van der Waals surface area contributed by atoms with Crippen LogP contribution in [0.3, 0.4) is 0 Å². The maximum atomic E-state index is 16.6. The summed E-state index contributed by atoms with van der Waals surface area (Å²) in [4.78, 5) is 28.1. The van der Waals surface area contributed by atoms with Crippen LogP contribution in [0.2, 0.25) is 10.1 Å². The monoisotopic (exact) mass is 441 g/mol. The van der Waals surface area contributed by atoms with Gasteiger partial charge in [-0.3, -0.25) is 10.1 Å². The van der Waals surface area contributed by atoms with E-state index in [0.717, 1.165) is 0 Å². The minimum absolute atomic E-state index is 0.191. The number of ether oxygens (including phenoxy) is 2. The molecule has 0 aliphatic carbocycles. The number of esters is 1. The summed E-state index contributed by atoms with van der Waals surface area (Å²) in [6.07, 6.45) is 1.45. The summed E-state index contributed by atoms with van der Waals surface area (Å²) in [5, 5.41) is 4.20. The highest BCUT2D eigenvalue weighted by Crippen LogP contribution is 2.52. The van der Waals surface area contributed by atoms with E-state index >= 15 is 4.11 Å². The van der Waals surface area contributed by atoms with Gasteiger partial charge in [0.25, 0.3) is 8.41 Å². The van der Waals surface area contributed by atoms with Gasteiger partial charge in [-0.15, -0.1) is 0 Å². The molecule has 0 saturated heterocycles. The second-order valence-corrected chi connectivity index (χ2v) is 15.2. The zero-order valence-electron chi connectivity index (χ0n) is 19.8. The van der Waals surface area contributed by atoms with E-state index in [2.05, 4.69) is 15.6 Å². The van der Waals surface area contributed by atoms with Crippen LogP contribution in [0.15, 0.2) is 12.3 Å². The van der Waals surface area contributed by atoms with Gasteiger partial charge in [0.05, 0.1) is 7.11 Å². The molecule has 30 heavy (non-hydrogen) atoms. The predicted octanol–water partition coefficient (Wildman–Crippen LogP) is 4.28. The molecule has 1 heterocycles. The minimum atomic E-state index is -3.59. The Bertz CT molecular complexity index is 766. The van der Waals surface area contributed by atoms with Crippen LogP contribution in [-0.2, 0) is 9.53 Å². The zero-order valence-corrected chi connectivity index (χ0v) is 20.8. The van der Waals surface area contributed by atoms with Gasteiger partial charge >= 0.3 is 12.0 Å². The number of halogens is 1. The van der Waals surface area contributed by atoms with Crippen LogP contribution < -0.4 is 20.6 Å². The number of amides is 2. The van der Waals surface area contributed by atoms with E-state index in [1.807, 2.05) is 41.5 Å². The lowest BCUT2D eigenvalue weighted by atomic mass is 10.2. The van der Waals surface area contributed by atoms with E-state index in [4.69, 9.17) is 9.47 Å². The number of anilines is 1. The molecule has 0 radical (unpaired) electrons. The Hall–Kier alpha value is -2.16. The third-order valence-electron chi connectivity index (χ3n) is 4.58. The van der Waals surface area contributed by atoms with Gasteiger partial charge in [0.15, 0.2) is 0 Å². The first-order valence-corrected chi connectivity index (χ1v) is 11.8. The summed E-state index contributed by atoms with van der Waals surface area (Å²) in [6.45, 7) is 16.3. The van der Waals surface area contributed by atoms with Crippen molar-refractivity contribution < 1.29 is 23.2 Å². The Morgan fingerprint density at radius 3 is 2.03 bits per heavy atom. The first kappa shape index (κ1) is 25.9. The Morgan fingerprint density at radius 1 is 1.07 bits per heavy atom. The van der Waals surface area contributed by atoms with E-state index in [-0.39, 0.29) is 12.4 Å². The van der Waals surface area contributed by atoms with Crippen molar-refractivity contribution in [3.63, 3.8) is 0 Å². The van der Waals surface area contributed by atoms with Crippen LogP contribution in [0.25, 0.3) is 0 Å². The fraction of sp³-hybridized carbons (Fsp3) is 0.667. The van der Waals surface area contributed by atoms with Crippen molar-refractivity contribution in [3.8, 4) is 5.75 Å². The first-order valence-electron chi connectivity index (χ1n) is 9.92. The Labute approximate surface area is 180 Å². The highest BCUT2D eigenvalue weighted by atomic mass is 28.4. The predicted molar refractivity (Wildman–Crippen MR) is 120 cm³/mol. The molecule has 7 nitrogen and oxygen atoms in total. The fourth-order valence-electron chi connectivity index (χ4n) is 3.56. The molecule has 9 heteroatoms. The van der Waals surface area contributed by atoms with Crippen LogP contribution in [0.5, 0.6) is 5.75 Å². The van der Waals surface area contributed by atoms with Crippen molar-refractivity contribution in [1.29, 1.82) is 0 Å². The smallest absolute Gasteiger partial charge is 0.325 e. The van der Waals surface area contributed by atoms with Crippen molar-refractivity contribution in [2.75, 3.05) is 19.0 Å². The molecule has 0 aliphatic heterocycles. The molecule has 1 aromatic rings. The fourth-order valence-corrected chi connectivity index (χ4v) is 8.18. The van der Waals surface area contributed by atoms with E-state index in [0.29, 0.717) is 10.9 Å². The number of hydrogen-bond acceptors (Lipinski definition) is 5. The molecule has 1 aromatic heterocycles. The summed E-state index contributed by atoms with van der Waals surface area (Å²) in [5.41, 5.74) is -0.636. The van der Waals surface area contributed by atoms with Gasteiger partial charge in [0.2, 0.25) is 0 Å². The second kappa shape index (κ2) is 8.91. The quantitative estimate of drug-likeness (QED) is 0.404. The SMILES string of the molecule is COc1cc(NC(=O)NCC(=O)OC(C)(C)C)ncc1[Si](F)(C(C)(C)C)C(C)(C)C. The number of aromatic nitrogens is 1. The van der Waals surface area contributed by atoms with Gasteiger partial charge in [0.1, 0.15) is 23.7 Å². The van der Waals surface area contributed by atoms with Gasteiger partial charge in [-0.2, -0.15) is 0 Å². The van der Waals surface area contributed by atoms with Crippen LogP contribution in [0.4, 0.5) is 14.7 Å². The number of hydrogen-bond donors (Lipinski definition) is 2. The maximum absolute atomic E-state index is 16.6. The molecule has 0 saturated carbocycles. The number of rotatable bonds is 5. The molecular weight excluding hydrogens is 405 g/mol. The second-order valence-electron chi connectivity index (χ2n) is 10.3. The Kier molecular flexibility index (Phi) is 7.69. The summed E-state index contributed by atoms with van der Waals surface area (Å²) >= 11 is 0. The van der Waals surface area contributed by atoms with Crippen LogP contribution in [0, 0.1) is 0 Å². The van der Waals surface area contributed by atoms with Gasteiger partial charge < -0.3 is 18.9 Å². The number of pyridine rings is 1. The third-order valence-corrected chi connectivity index (χ3v) is 9.83. The van der Waals surface area contributed by atoms with Gasteiger partial charge in [-0.25, -0.2) is 9.78 Å². The van der Waals surface area contributed by atoms with Crippen molar-refractivity contribution in [2.45, 2.75) is 78.0 Å². The van der Waals surface area contributed by atoms with E-state index in [1.165, 1.54) is 19.4 Å². The zero-order chi connectivity index (χ0) is 23.5. The lowest BCUT2D eigenvalue weighted by Gasteiger charge is -2.45. The third kappa shape index (κ3) is 6.17. The number of nitrogens with zero attached hydrogens (tertiary/aromatic N) is 1.